The molecule has 0 saturated heterocycles. The third-order valence-corrected chi connectivity index (χ3v) is 5.10. The van der Waals surface area contributed by atoms with E-state index in [9.17, 15) is 14.4 Å². The number of allylic oxidation sites excluding steroid dienone is 1. The van der Waals surface area contributed by atoms with Crippen LogP contribution < -0.4 is 4.90 Å². The number of carboxylic acids is 1. The average molecular weight is 405 g/mol. The lowest BCUT2D eigenvalue weighted by atomic mass is 10.0. The first-order chi connectivity index (χ1) is 14.2. The van der Waals surface area contributed by atoms with Crippen molar-refractivity contribution < 1.29 is 24.2 Å². The van der Waals surface area contributed by atoms with Gasteiger partial charge < -0.3 is 9.84 Å². The van der Waals surface area contributed by atoms with Gasteiger partial charge >= 0.3 is 11.9 Å². The number of ether oxygens (including phenoxy) is 1. The van der Waals surface area contributed by atoms with Crippen LogP contribution in [0, 0.1) is 13.8 Å². The van der Waals surface area contributed by atoms with Crippen molar-refractivity contribution in [3.63, 3.8) is 0 Å². The van der Waals surface area contributed by atoms with Gasteiger partial charge in [0.2, 0.25) is 0 Å². The second-order valence-electron chi connectivity index (χ2n) is 7.08. The quantitative estimate of drug-likeness (QED) is 0.593. The van der Waals surface area contributed by atoms with Crippen molar-refractivity contribution in [3.05, 3.63) is 81.6 Å². The normalized spacial score (nSPS) is 15.1. The summed E-state index contributed by atoms with van der Waals surface area (Å²) in [6.45, 7) is 7.57. The van der Waals surface area contributed by atoms with Gasteiger partial charge in [-0.3, -0.25) is 9.69 Å². The second-order valence-corrected chi connectivity index (χ2v) is 7.08. The number of nitrogens with zero attached hydrogens (tertiary/aromatic N) is 1. The Bertz CT molecular complexity index is 1090. The first-order valence-corrected chi connectivity index (χ1v) is 9.59. The van der Waals surface area contributed by atoms with Gasteiger partial charge in [-0.1, -0.05) is 18.2 Å². The number of carboxylic acid groups (broad SMARTS) is 1. The molecule has 0 spiro atoms. The Morgan fingerprint density at radius 1 is 1.03 bits per heavy atom. The van der Waals surface area contributed by atoms with Crippen molar-refractivity contribution in [1.82, 2.24) is 0 Å². The number of hydrogen-bond acceptors (Lipinski definition) is 4. The van der Waals surface area contributed by atoms with Gasteiger partial charge in [-0.25, -0.2) is 9.59 Å². The lowest BCUT2D eigenvalue weighted by Gasteiger charge is -2.19. The highest BCUT2D eigenvalue weighted by molar-refractivity contribution is 6.23. The smallest absolute Gasteiger partial charge is 0.340 e. The minimum absolute atomic E-state index is 0.143. The van der Waals surface area contributed by atoms with Crippen LogP contribution in [0.15, 0.2) is 59.3 Å². The van der Waals surface area contributed by atoms with Crippen LogP contribution in [-0.4, -0.2) is 29.6 Å². The van der Waals surface area contributed by atoms with E-state index in [4.69, 9.17) is 9.84 Å². The van der Waals surface area contributed by atoms with Crippen LogP contribution in [0.25, 0.3) is 6.08 Å². The second kappa shape index (κ2) is 8.37. The number of anilines is 1. The molecule has 0 radical (unpaired) electrons. The minimum Gasteiger partial charge on any atom is -0.478 e. The predicted octanol–water partition coefficient (Wildman–Crippen LogP) is 4.27. The number of carbonyl (C=O) groups excluding carboxylic acids is 2. The van der Waals surface area contributed by atoms with E-state index in [1.165, 1.54) is 17.0 Å². The molecule has 0 atom stereocenters. The maximum atomic E-state index is 13.3. The van der Waals surface area contributed by atoms with Gasteiger partial charge in [0.05, 0.1) is 23.3 Å². The molecule has 0 aliphatic carbocycles. The van der Waals surface area contributed by atoms with Gasteiger partial charge in [-0.2, -0.15) is 0 Å². The first kappa shape index (κ1) is 21.0. The number of benzene rings is 2. The van der Waals surface area contributed by atoms with Crippen LogP contribution in [-0.2, 0) is 14.3 Å². The molecule has 0 bridgehead atoms. The molecule has 0 aromatic heterocycles. The lowest BCUT2D eigenvalue weighted by Crippen LogP contribution is -2.24. The Labute approximate surface area is 175 Å². The SMILES string of the molecule is CCOC(=O)C1=C(C)N(c2ccc(C)c(C)c2)C(=O)/C1=C\c1ccc(C(=O)O)cc1. The average Bonchev–Trinajstić information content (AvgIpc) is 2.94. The summed E-state index contributed by atoms with van der Waals surface area (Å²) < 4.78 is 5.20. The van der Waals surface area contributed by atoms with Crippen LogP contribution >= 0.6 is 0 Å². The number of esters is 1. The Morgan fingerprint density at radius 3 is 2.27 bits per heavy atom. The van der Waals surface area contributed by atoms with Crippen LogP contribution in [0.3, 0.4) is 0 Å². The molecule has 30 heavy (non-hydrogen) atoms. The molecule has 1 heterocycles. The molecule has 2 aromatic rings. The fourth-order valence-corrected chi connectivity index (χ4v) is 3.35. The van der Waals surface area contributed by atoms with E-state index in [1.807, 2.05) is 32.0 Å². The molecule has 3 rings (SSSR count). The molecular formula is C24H23NO5. The van der Waals surface area contributed by atoms with Crippen LogP contribution in [0.2, 0.25) is 0 Å². The van der Waals surface area contributed by atoms with Crippen LogP contribution in [0.5, 0.6) is 0 Å². The Morgan fingerprint density at radius 2 is 1.70 bits per heavy atom. The van der Waals surface area contributed by atoms with Gasteiger partial charge in [-0.15, -0.1) is 0 Å². The number of amides is 1. The molecule has 0 fully saturated rings. The van der Waals surface area contributed by atoms with Gasteiger partial charge in [0, 0.05) is 11.4 Å². The number of carbonyl (C=O) groups is 3. The summed E-state index contributed by atoms with van der Waals surface area (Å²) in [4.78, 5) is 38.6. The van der Waals surface area contributed by atoms with E-state index in [-0.39, 0.29) is 29.2 Å². The van der Waals surface area contributed by atoms with E-state index in [1.54, 1.807) is 32.1 Å². The molecular weight excluding hydrogens is 382 g/mol. The zero-order valence-electron chi connectivity index (χ0n) is 17.4. The standard InChI is InChI=1S/C24H23NO5/c1-5-30-24(29)21-16(4)25(19-11-6-14(2)15(3)12-19)22(26)20(21)13-17-7-9-18(10-8-17)23(27)28/h6-13H,5H2,1-4H3,(H,27,28)/b20-13-. The zero-order chi connectivity index (χ0) is 22.0. The van der Waals surface area contributed by atoms with Crippen molar-refractivity contribution in [2.45, 2.75) is 27.7 Å². The summed E-state index contributed by atoms with van der Waals surface area (Å²) >= 11 is 0. The highest BCUT2D eigenvalue weighted by Crippen LogP contribution is 2.36. The molecule has 0 unspecified atom stereocenters. The number of aryl methyl sites for hydroxylation is 2. The van der Waals surface area contributed by atoms with Crippen LogP contribution in [0.4, 0.5) is 5.69 Å². The van der Waals surface area contributed by atoms with Gasteiger partial charge in [0.15, 0.2) is 0 Å². The highest BCUT2D eigenvalue weighted by atomic mass is 16.5. The summed E-state index contributed by atoms with van der Waals surface area (Å²) in [7, 11) is 0. The van der Waals surface area contributed by atoms with Gasteiger partial charge in [0.25, 0.3) is 5.91 Å². The van der Waals surface area contributed by atoms with Crippen molar-refractivity contribution >= 4 is 29.6 Å². The van der Waals surface area contributed by atoms with E-state index in [2.05, 4.69) is 0 Å². The third-order valence-electron chi connectivity index (χ3n) is 5.10. The van der Waals surface area contributed by atoms with E-state index >= 15 is 0 Å². The maximum Gasteiger partial charge on any atom is 0.340 e. The topological polar surface area (TPSA) is 83.9 Å². The fraction of sp³-hybridized carbons (Fsp3) is 0.208. The summed E-state index contributed by atoms with van der Waals surface area (Å²) in [5.41, 5.74) is 4.49. The molecule has 6 heteroatoms. The predicted molar refractivity (Wildman–Crippen MR) is 114 cm³/mol. The van der Waals surface area contributed by atoms with Crippen molar-refractivity contribution in [2.75, 3.05) is 11.5 Å². The minimum atomic E-state index is -1.03. The Hall–Kier alpha value is -3.67. The summed E-state index contributed by atoms with van der Waals surface area (Å²) in [5, 5.41) is 9.07. The molecule has 1 N–H and O–H groups in total. The third kappa shape index (κ3) is 3.89. The maximum absolute atomic E-state index is 13.3. The molecule has 1 amide bonds. The van der Waals surface area contributed by atoms with Crippen molar-refractivity contribution in [3.8, 4) is 0 Å². The summed E-state index contributed by atoms with van der Waals surface area (Å²) in [6.07, 6.45) is 1.59. The van der Waals surface area contributed by atoms with Crippen molar-refractivity contribution in [1.29, 1.82) is 0 Å². The van der Waals surface area contributed by atoms with E-state index in [0.717, 1.165) is 11.1 Å². The Kier molecular flexibility index (Phi) is 5.87. The molecule has 6 nitrogen and oxygen atoms in total. The van der Waals surface area contributed by atoms with Gasteiger partial charge in [0.1, 0.15) is 0 Å². The lowest BCUT2D eigenvalue weighted by molar-refractivity contribution is -0.138. The summed E-state index contributed by atoms with van der Waals surface area (Å²) in [6, 6.07) is 11.8. The number of aromatic carboxylic acids is 1. The largest absolute Gasteiger partial charge is 0.478 e. The molecule has 1 aliphatic heterocycles. The zero-order valence-corrected chi connectivity index (χ0v) is 17.4. The molecule has 0 saturated carbocycles. The summed E-state index contributed by atoms with van der Waals surface area (Å²) in [5.74, 6) is -1.93. The monoisotopic (exact) mass is 405 g/mol. The van der Waals surface area contributed by atoms with Gasteiger partial charge in [-0.05, 0) is 74.7 Å². The molecule has 154 valence electrons. The van der Waals surface area contributed by atoms with E-state index < -0.39 is 11.9 Å². The Balaban J connectivity index is 2.11. The fourth-order valence-electron chi connectivity index (χ4n) is 3.35. The number of hydrogen-bond donors (Lipinski definition) is 1. The van der Waals surface area contributed by atoms with E-state index in [0.29, 0.717) is 16.9 Å². The number of rotatable bonds is 5. The van der Waals surface area contributed by atoms with Crippen LogP contribution in [0.1, 0.15) is 40.9 Å². The molecule has 2 aromatic carbocycles. The molecule has 1 aliphatic rings. The highest BCUT2D eigenvalue weighted by Gasteiger charge is 2.38. The van der Waals surface area contributed by atoms with Crippen molar-refractivity contribution in [2.24, 2.45) is 0 Å². The first-order valence-electron chi connectivity index (χ1n) is 9.59.